The highest BCUT2D eigenvalue weighted by Crippen LogP contribution is 2.24. The lowest BCUT2D eigenvalue weighted by Gasteiger charge is -2.35. The summed E-state index contributed by atoms with van der Waals surface area (Å²) >= 11 is 0. The van der Waals surface area contributed by atoms with Gasteiger partial charge in [-0.05, 0) is 48.9 Å². The van der Waals surface area contributed by atoms with Crippen LogP contribution in [0.5, 0.6) is 5.75 Å². The van der Waals surface area contributed by atoms with Crippen molar-refractivity contribution in [3.63, 3.8) is 0 Å². The Labute approximate surface area is 167 Å². The first-order chi connectivity index (χ1) is 13.5. The van der Waals surface area contributed by atoms with Gasteiger partial charge in [-0.1, -0.05) is 19.9 Å². The minimum atomic E-state index is -0.0112. The topological polar surface area (TPSA) is 59.1 Å². The van der Waals surface area contributed by atoms with E-state index in [1.54, 1.807) is 0 Å². The van der Waals surface area contributed by atoms with Crippen LogP contribution in [0.25, 0.3) is 0 Å². The van der Waals surface area contributed by atoms with E-state index in [2.05, 4.69) is 26.8 Å². The van der Waals surface area contributed by atoms with Crippen molar-refractivity contribution >= 4 is 11.8 Å². The number of amides is 2. The summed E-state index contributed by atoms with van der Waals surface area (Å²) in [5.74, 6) is 1.43. The molecule has 0 radical (unpaired) electrons. The molecule has 0 spiro atoms. The van der Waals surface area contributed by atoms with E-state index in [1.807, 2.05) is 21.9 Å². The zero-order valence-electron chi connectivity index (χ0n) is 17.3. The van der Waals surface area contributed by atoms with E-state index in [0.717, 1.165) is 18.6 Å². The smallest absolute Gasteiger partial charge is 0.260 e. The van der Waals surface area contributed by atoms with Gasteiger partial charge in [-0.25, -0.2) is 0 Å². The summed E-state index contributed by atoms with van der Waals surface area (Å²) in [6.07, 6.45) is 1.45. The standard InChI is InChI=1S/C22H32N2O4/c1-16(2)20-5-4-19(14-17(20)3)28-15-21(25)23-8-6-18(7-9-23)22(26)24-10-12-27-13-11-24/h4-5,14,16,18H,6-13,15H2,1-3H3. The number of rotatable bonds is 5. The molecule has 154 valence electrons. The van der Waals surface area contributed by atoms with Gasteiger partial charge in [-0.15, -0.1) is 0 Å². The fourth-order valence-corrected chi connectivity index (χ4v) is 4.04. The fraction of sp³-hybridized carbons (Fsp3) is 0.636. The lowest BCUT2D eigenvalue weighted by atomic mass is 9.95. The largest absolute Gasteiger partial charge is 0.484 e. The molecule has 0 bridgehead atoms. The van der Waals surface area contributed by atoms with E-state index in [9.17, 15) is 9.59 Å². The first-order valence-electron chi connectivity index (χ1n) is 10.3. The molecular formula is C22H32N2O4. The number of morpholine rings is 1. The minimum Gasteiger partial charge on any atom is -0.484 e. The number of hydrogen-bond donors (Lipinski definition) is 0. The Kier molecular flexibility index (Phi) is 6.94. The van der Waals surface area contributed by atoms with E-state index in [4.69, 9.17) is 9.47 Å². The monoisotopic (exact) mass is 388 g/mol. The van der Waals surface area contributed by atoms with Crippen LogP contribution in [0.4, 0.5) is 0 Å². The molecule has 2 fully saturated rings. The van der Waals surface area contributed by atoms with Crippen molar-refractivity contribution in [1.82, 2.24) is 9.80 Å². The van der Waals surface area contributed by atoms with Crippen LogP contribution in [0.3, 0.4) is 0 Å². The molecule has 2 saturated heterocycles. The van der Waals surface area contributed by atoms with Crippen molar-refractivity contribution < 1.29 is 19.1 Å². The first kappa shape index (κ1) is 20.6. The highest BCUT2D eigenvalue weighted by Gasteiger charge is 2.30. The summed E-state index contributed by atoms with van der Waals surface area (Å²) in [6.45, 7) is 10.3. The summed E-state index contributed by atoms with van der Waals surface area (Å²) in [7, 11) is 0. The lowest BCUT2D eigenvalue weighted by Crippen LogP contribution is -2.48. The minimum absolute atomic E-state index is 0.0112. The van der Waals surface area contributed by atoms with Crippen LogP contribution in [-0.4, -0.2) is 67.6 Å². The third kappa shape index (κ3) is 5.04. The Morgan fingerprint density at radius 2 is 1.79 bits per heavy atom. The second-order valence-corrected chi connectivity index (χ2v) is 8.05. The van der Waals surface area contributed by atoms with Crippen LogP contribution >= 0.6 is 0 Å². The summed E-state index contributed by atoms with van der Waals surface area (Å²) in [5, 5.41) is 0. The zero-order chi connectivity index (χ0) is 20.1. The van der Waals surface area contributed by atoms with Gasteiger partial charge < -0.3 is 19.3 Å². The third-order valence-electron chi connectivity index (χ3n) is 5.75. The molecule has 0 atom stereocenters. The number of likely N-dealkylation sites (tertiary alicyclic amines) is 1. The molecule has 2 amide bonds. The van der Waals surface area contributed by atoms with Crippen LogP contribution < -0.4 is 4.74 Å². The molecule has 2 aliphatic heterocycles. The molecule has 0 unspecified atom stereocenters. The molecule has 1 aromatic rings. The van der Waals surface area contributed by atoms with Gasteiger partial charge in [-0.3, -0.25) is 9.59 Å². The van der Waals surface area contributed by atoms with Gasteiger partial charge >= 0.3 is 0 Å². The highest BCUT2D eigenvalue weighted by atomic mass is 16.5. The molecule has 3 rings (SSSR count). The van der Waals surface area contributed by atoms with Crippen molar-refractivity contribution in [3.8, 4) is 5.75 Å². The summed E-state index contributed by atoms with van der Waals surface area (Å²) in [6, 6.07) is 6.00. The Bertz CT molecular complexity index is 690. The summed E-state index contributed by atoms with van der Waals surface area (Å²) < 4.78 is 11.0. The van der Waals surface area contributed by atoms with E-state index < -0.39 is 0 Å². The van der Waals surface area contributed by atoms with Crippen molar-refractivity contribution in [3.05, 3.63) is 29.3 Å². The number of carbonyl (C=O) groups excluding carboxylic acids is 2. The van der Waals surface area contributed by atoms with E-state index in [1.165, 1.54) is 11.1 Å². The SMILES string of the molecule is Cc1cc(OCC(=O)N2CCC(C(=O)N3CCOCC3)CC2)ccc1C(C)C. The molecule has 2 aliphatic rings. The summed E-state index contributed by atoms with van der Waals surface area (Å²) in [5.41, 5.74) is 2.48. The number of nitrogens with zero attached hydrogens (tertiary/aromatic N) is 2. The molecule has 0 aliphatic carbocycles. The van der Waals surface area contributed by atoms with Crippen molar-refractivity contribution in [2.75, 3.05) is 46.0 Å². The van der Waals surface area contributed by atoms with Gasteiger partial charge in [0.05, 0.1) is 13.2 Å². The lowest BCUT2D eigenvalue weighted by molar-refractivity contribution is -0.144. The average Bonchev–Trinajstić information content (AvgIpc) is 2.72. The molecule has 28 heavy (non-hydrogen) atoms. The van der Waals surface area contributed by atoms with Gasteiger partial charge in [-0.2, -0.15) is 0 Å². The molecule has 0 saturated carbocycles. The number of aryl methyl sites for hydroxylation is 1. The van der Waals surface area contributed by atoms with Gasteiger partial charge in [0.25, 0.3) is 5.91 Å². The van der Waals surface area contributed by atoms with Crippen molar-refractivity contribution in [2.45, 2.75) is 39.5 Å². The Morgan fingerprint density at radius 3 is 2.39 bits per heavy atom. The van der Waals surface area contributed by atoms with E-state index in [-0.39, 0.29) is 24.3 Å². The predicted octanol–water partition coefficient (Wildman–Crippen LogP) is 2.59. The zero-order valence-corrected chi connectivity index (χ0v) is 17.3. The molecule has 0 aromatic heterocycles. The number of benzene rings is 1. The van der Waals surface area contributed by atoms with Crippen LogP contribution in [0.15, 0.2) is 18.2 Å². The van der Waals surface area contributed by atoms with E-state index in [0.29, 0.717) is 45.3 Å². The van der Waals surface area contributed by atoms with Gasteiger partial charge in [0.1, 0.15) is 5.75 Å². The second kappa shape index (κ2) is 9.41. The maximum Gasteiger partial charge on any atom is 0.260 e. The Balaban J connectivity index is 1.45. The molecule has 1 aromatic carbocycles. The normalized spacial score (nSPS) is 18.4. The molecule has 6 heteroatoms. The average molecular weight is 389 g/mol. The number of ether oxygens (including phenoxy) is 2. The Hall–Kier alpha value is -2.08. The van der Waals surface area contributed by atoms with Gasteiger partial charge in [0.2, 0.25) is 5.91 Å². The number of hydrogen-bond acceptors (Lipinski definition) is 4. The molecule has 2 heterocycles. The second-order valence-electron chi connectivity index (χ2n) is 8.05. The maximum absolute atomic E-state index is 12.6. The molecule has 0 N–H and O–H groups in total. The van der Waals surface area contributed by atoms with Crippen molar-refractivity contribution in [2.24, 2.45) is 5.92 Å². The van der Waals surface area contributed by atoms with Crippen molar-refractivity contribution in [1.29, 1.82) is 0 Å². The number of piperidine rings is 1. The Morgan fingerprint density at radius 1 is 1.11 bits per heavy atom. The van der Waals surface area contributed by atoms with Crippen LogP contribution in [0.2, 0.25) is 0 Å². The van der Waals surface area contributed by atoms with Gasteiger partial charge in [0, 0.05) is 32.1 Å². The van der Waals surface area contributed by atoms with E-state index >= 15 is 0 Å². The highest BCUT2D eigenvalue weighted by molar-refractivity contribution is 5.80. The molecule has 6 nitrogen and oxygen atoms in total. The first-order valence-corrected chi connectivity index (χ1v) is 10.3. The third-order valence-corrected chi connectivity index (χ3v) is 5.75. The fourth-order valence-electron chi connectivity index (χ4n) is 4.04. The molecular weight excluding hydrogens is 356 g/mol. The maximum atomic E-state index is 12.6. The quantitative estimate of drug-likeness (QED) is 0.778. The summed E-state index contributed by atoms with van der Waals surface area (Å²) in [4.78, 5) is 28.8. The van der Waals surface area contributed by atoms with Crippen LogP contribution in [-0.2, 0) is 14.3 Å². The number of carbonyl (C=O) groups is 2. The predicted molar refractivity (Wildman–Crippen MR) is 107 cm³/mol. The van der Waals surface area contributed by atoms with Crippen LogP contribution in [0, 0.1) is 12.8 Å². The van der Waals surface area contributed by atoms with Crippen LogP contribution in [0.1, 0.15) is 43.7 Å². The van der Waals surface area contributed by atoms with Gasteiger partial charge in [0.15, 0.2) is 6.61 Å².